The second-order valence-corrected chi connectivity index (χ2v) is 7.03. The van der Waals surface area contributed by atoms with E-state index in [-0.39, 0.29) is 17.3 Å². The van der Waals surface area contributed by atoms with Crippen molar-refractivity contribution in [2.75, 3.05) is 32.8 Å². The molecule has 1 N–H and O–H groups in total. The molecule has 1 aliphatic heterocycles. The molecule has 1 amide bonds. The van der Waals surface area contributed by atoms with Crippen LogP contribution in [0.5, 0.6) is 0 Å². The number of carbonyl (C=O) groups excluding carboxylic acids is 1. The summed E-state index contributed by atoms with van der Waals surface area (Å²) < 4.78 is 19.2. The number of hydrogen-bond acceptors (Lipinski definition) is 3. The summed E-state index contributed by atoms with van der Waals surface area (Å²) in [5.74, 6) is -0.518. The largest absolute Gasteiger partial charge is 0.379 e. The van der Waals surface area contributed by atoms with Crippen molar-refractivity contribution in [1.82, 2.24) is 10.2 Å². The van der Waals surface area contributed by atoms with Gasteiger partial charge in [0.2, 0.25) is 0 Å². The molecule has 2 aliphatic rings. The van der Waals surface area contributed by atoms with Crippen LogP contribution in [0.15, 0.2) is 18.2 Å². The van der Waals surface area contributed by atoms with Gasteiger partial charge in [0.25, 0.3) is 5.91 Å². The maximum atomic E-state index is 13.7. The van der Waals surface area contributed by atoms with Gasteiger partial charge in [-0.05, 0) is 37.5 Å². The van der Waals surface area contributed by atoms with E-state index in [2.05, 4.69) is 10.2 Å². The topological polar surface area (TPSA) is 41.6 Å². The first-order valence-electron chi connectivity index (χ1n) is 8.98. The Morgan fingerprint density at radius 1 is 1.25 bits per heavy atom. The van der Waals surface area contributed by atoms with E-state index in [4.69, 9.17) is 4.74 Å². The third-order valence-corrected chi connectivity index (χ3v) is 5.48. The van der Waals surface area contributed by atoms with Crippen LogP contribution in [0.25, 0.3) is 0 Å². The molecular formula is C19H27FN2O2. The quantitative estimate of drug-likeness (QED) is 0.920. The normalized spacial score (nSPS) is 21.4. The fourth-order valence-corrected chi connectivity index (χ4v) is 3.93. The van der Waals surface area contributed by atoms with E-state index in [0.717, 1.165) is 39.1 Å². The highest BCUT2D eigenvalue weighted by Gasteiger charge is 2.38. The van der Waals surface area contributed by atoms with Gasteiger partial charge in [-0.25, -0.2) is 4.39 Å². The summed E-state index contributed by atoms with van der Waals surface area (Å²) in [6.07, 6.45) is 5.88. The first kappa shape index (κ1) is 17.4. The van der Waals surface area contributed by atoms with Gasteiger partial charge in [-0.1, -0.05) is 25.3 Å². The van der Waals surface area contributed by atoms with Gasteiger partial charge in [-0.3, -0.25) is 9.69 Å². The molecule has 24 heavy (non-hydrogen) atoms. The molecule has 1 saturated carbocycles. The minimum Gasteiger partial charge on any atom is -0.379 e. The summed E-state index contributed by atoms with van der Waals surface area (Å²) in [7, 11) is 0. The van der Waals surface area contributed by atoms with Gasteiger partial charge in [0.1, 0.15) is 5.82 Å². The van der Waals surface area contributed by atoms with Crippen LogP contribution in [0, 0.1) is 12.7 Å². The van der Waals surface area contributed by atoms with Crippen LogP contribution in [-0.2, 0) is 4.74 Å². The van der Waals surface area contributed by atoms with Crippen LogP contribution >= 0.6 is 0 Å². The van der Waals surface area contributed by atoms with Gasteiger partial charge in [0.15, 0.2) is 0 Å². The molecule has 1 heterocycles. The van der Waals surface area contributed by atoms with Crippen LogP contribution in [-0.4, -0.2) is 49.2 Å². The highest BCUT2D eigenvalue weighted by molar-refractivity contribution is 5.94. The van der Waals surface area contributed by atoms with Gasteiger partial charge in [-0.2, -0.15) is 0 Å². The number of hydrogen-bond donors (Lipinski definition) is 1. The van der Waals surface area contributed by atoms with E-state index in [1.807, 2.05) is 0 Å². The van der Waals surface area contributed by atoms with E-state index >= 15 is 0 Å². The number of carbonyl (C=O) groups is 1. The zero-order chi connectivity index (χ0) is 17.0. The molecule has 0 bridgehead atoms. The van der Waals surface area contributed by atoms with Crippen LogP contribution < -0.4 is 5.32 Å². The van der Waals surface area contributed by atoms with Crippen molar-refractivity contribution in [2.24, 2.45) is 0 Å². The first-order chi connectivity index (χ1) is 11.6. The molecule has 1 aromatic rings. The third kappa shape index (κ3) is 3.78. The Morgan fingerprint density at radius 3 is 2.62 bits per heavy atom. The highest BCUT2D eigenvalue weighted by Crippen LogP contribution is 2.34. The van der Waals surface area contributed by atoms with Crippen molar-refractivity contribution < 1.29 is 13.9 Å². The number of morpholine rings is 1. The molecule has 4 nitrogen and oxygen atoms in total. The highest BCUT2D eigenvalue weighted by atomic mass is 19.1. The number of halogens is 1. The predicted octanol–water partition coefficient (Wildman–Crippen LogP) is 2.90. The van der Waals surface area contributed by atoms with Crippen LogP contribution in [0.3, 0.4) is 0 Å². The van der Waals surface area contributed by atoms with Crippen LogP contribution in [0.1, 0.15) is 48.0 Å². The number of nitrogens with zero attached hydrogens (tertiary/aromatic N) is 1. The Balaban J connectivity index is 1.68. The van der Waals surface area contributed by atoms with Crippen LogP contribution in [0.4, 0.5) is 4.39 Å². The monoisotopic (exact) mass is 334 g/mol. The summed E-state index contributed by atoms with van der Waals surface area (Å²) in [6.45, 7) is 5.70. The van der Waals surface area contributed by atoms with Crippen molar-refractivity contribution in [3.63, 3.8) is 0 Å². The second-order valence-electron chi connectivity index (χ2n) is 7.03. The molecule has 3 rings (SSSR count). The van der Waals surface area contributed by atoms with Crippen molar-refractivity contribution in [1.29, 1.82) is 0 Å². The van der Waals surface area contributed by atoms with E-state index in [1.54, 1.807) is 19.1 Å². The van der Waals surface area contributed by atoms with E-state index < -0.39 is 0 Å². The lowest BCUT2D eigenvalue weighted by molar-refractivity contribution is -0.0361. The maximum Gasteiger partial charge on any atom is 0.251 e. The van der Waals surface area contributed by atoms with Gasteiger partial charge < -0.3 is 10.1 Å². The Bertz CT molecular complexity index is 579. The zero-order valence-electron chi connectivity index (χ0n) is 14.4. The Labute approximate surface area is 143 Å². The molecule has 2 fully saturated rings. The Kier molecular flexibility index (Phi) is 5.51. The summed E-state index contributed by atoms with van der Waals surface area (Å²) in [5, 5.41) is 3.07. The van der Waals surface area contributed by atoms with Crippen molar-refractivity contribution in [3.05, 3.63) is 35.1 Å². The van der Waals surface area contributed by atoms with Crippen molar-refractivity contribution in [2.45, 2.75) is 44.6 Å². The summed E-state index contributed by atoms with van der Waals surface area (Å²) in [5.41, 5.74) is 0.982. The Morgan fingerprint density at radius 2 is 1.96 bits per heavy atom. The molecule has 0 unspecified atom stereocenters. The van der Waals surface area contributed by atoms with Crippen molar-refractivity contribution >= 4 is 5.91 Å². The van der Waals surface area contributed by atoms with Crippen molar-refractivity contribution in [3.8, 4) is 0 Å². The molecule has 0 atom stereocenters. The van der Waals surface area contributed by atoms with Gasteiger partial charge >= 0.3 is 0 Å². The van der Waals surface area contributed by atoms with E-state index in [0.29, 0.717) is 17.7 Å². The molecule has 0 radical (unpaired) electrons. The molecule has 1 aliphatic carbocycles. The molecule has 1 saturated heterocycles. The standard InChI is InChI=1S/C19H27FN2O2/c1-15-5-6-16(13-17(15)20)18(23)21-14-19(7-3-2-4-8-19)22-9-11-24-12-10-22/h5-6,13H,2-4,7-12,14H2,1H3,(H,21,23). The minimum absolute atomic E-state index is 0.0287. The molecule has 0 aromatic heterocycles. The number of ether oxygens (including phenoxy) is 1. The lowest BCUT2D eigenvalue weighted by Gasteiger charge is -2.48. The van der Waals surface area contributed by atoms with Gasteiger partial charge in [0.05, 0.1) is 13.2 Å². The summed E-state index contributed by atoms with van der Waals surface area (Å²) in [4.78, 5) is 14.9. The van der Waals surface area contributed by atoms with Gasteiger partial charge in [-0.15, -0.1) is 0 Å². The average molecular weight is 334 g/mol. The Hall–Kier alpha value is -1.46. The molecule has 132 valence electrons. The minimum atomic E-state index is -0.330. The molecule has 5 heteroatoms. The maximum absolute atomic E-state index is 13.7. The number of rotatable bonds is 4. The first-order valence-corrected chi connectivity index (χ1v) is 8.98. The predicted molar refractivity (Wildman–Crippen MR) is 91.7 cm³/mol. The van der Waals surface area contributed by atoms with Crippen LogP contribution in [0.2, 0.25) is 0 Å². The fourth-order valence-electron chi connectivity index (χ4n) is 3.93. The van der Waals surface area contributed by atoms with Gasteiger partial charge in [0, 0.05) is 30.7 Å². The number of aryl methyl sites for hydroxylation is 1. The lowest BCUT2D eigenvalue weighted by Crippen LogP contribution is -2.59. The van der Waals surface area contributed by atoms with E-state index in [9.17, 15) is 9.18 Å². The summed E-state index contributed by atoms with van der Waals surface area (Å²) >= 11 is 0. The molecular weight excluding hydrogens is 307 g/mol. The number of amides is 1. The summed E-state index contributed by atoms with van der Waals surface area (Å²) in [6, 6.07) is 4.67. The second kappa shape index (κ2) is 7.62. The number of benzene rings is 1. The zero-order valence-corrected chi connectivity index (χ0v) is 14.4. The molecule has 1 aromatic carbocycles. The number of nitrogens with one attached hydrogen (secondary N) is 1. The SMILES string of the molecule is Cc1ccc(C(=O)NCC2(N3CCOCC3)CCCCC2)cc1F. The molecule has 0 spiro atoms. The average Bonchev–Trinajstić information content (AvgIpc) is 2.63. The smallest absolute Gasteiger partial charge is 0.251 e. The third-order valence-electron chi connectivity index (χ3n) is 5.48. The van der Waals surface area contributed by atoms with E-state index in [1.165, 1.54) is 25.3 Å². The fraction of sp³-hybridized carbons (Fsp3) is 0.632. The lowest BCUT2D eigenvalue weighted by atomic mass is 9.79.